The molecular formula is C21H27N3O4S. The van der Waals surface area contributed by atoms with Gasteiger partial charge in [0.2, 0.25) is 0 Å². The number of carbonyl (C=O) groups excluding carboxylic acids is 3. The third-order valence-electron chi connectivity index (χ3n) is 3.97. The predicted molar refractivity (Wildman–Crippen MR) is 113 cm³/mol. The third-order valence-corrected chi connectivity index (χ3v) is 4.90. The molecule has 0 fully saturated rings. The van der Waals surface area contributed by atoms with Gasteiger partial charge in [-0.25, -0.2) is 9.59 Å². The molecule has 2 aromatic rings. The maximum absolute atomic E-state index is 12.2. The topological polar surface area (TPSA) is 96.5 Å². The summed E-state index contributed by atoms with van der Waals surface area (Å²) in [7, 11) is 0. The molecule has 1 aromatic carbocycles. The molecule has 3 N–H and O–H groups in total. The normalized spacial score (nSPS) is 11.6. The Hall–Kier alpha value is -2.87. The number of rotatable bonds is 9. The van der Waals surface area contributed by atoms with Crippen LogP contribution in [0.1, 0.15) is 41.6 Å². The number of thiophene rings is 1. The van der Waals surface area contributed by atoms with Crippen molar-refractivity contribution < 1.29 is 19.1 Å². The highest BCUT2D eigenvalue weighted by Crippen LogP contribution is 2.09. The van der Waals surface area contributed by atoms with Gasteiger partial charge in [-0.05, 0) is 56.3 Å². The molecule has 0 radical (unpaired) electrons. The Balaban J connectivity index is 1.75. The van der Waals surface area contributed by atoms with Gasteiger partial charge < -0.3 is 20.7 Å². The number of nitrogens with one attached hydrogen (secondary N) is 3. The Kier molecular flexibility index (Phi) is 8.67. The Bertz CT molecular complexity index is 804. The second-order valence-corrected chi connectivity index (χ2v) is 7.88. The van der Waals surface area contributed by atoms with E-state index in [-0.39, 0.29) is 18.0 Å². The van der Waals surface area contributed by atoms with E-state index in [2.05, 4.69) is 16.0 Å². The van der Waals surface area contributed by atoms with Crippen molar-refractivity contribution in [3.63, 3.8) is 0 Å². The van der Waals surface area contributed by atoms with Crippen LogP contribution in [0, 0.1) is 0 Å². The molecule has 156 valence electrons. The highest BCUT2D eigenvalue weighted by molar-refractivity contribution is 7.09. The minimum Gasteiger partial charge on any atom is -0.449 e. The Labute approximate surface area is 174 Å². The van der Waals surface area contributed by atoms with Gasteiger partial charge >= 0.3 is 12.0 Å². The lowest BCUT2D eigenvalue weighted by molar-refractivity contribution is -0.129. The first-order valence-electron chi connectivity index (χ1n) is 9.49. The molecule has 0 aliphatic heterocycles. The van der Waals surface area contributed by atoms with Gasteiger partial charge in [-0.2, -0.15) is 0 Å². The molecule has 0 bridgehead atoms. The van der Waals surface area contributed by atoms with E-state index in [0.717, 1.165) is 12.0 Å². The Morgan fingerprint density at radius 1 is 1.03 bits per heavy atom. The van der Waals surface area contributed by atoms with Gasteiger partial charge in [0, 0.05) is 24.0 Å². The van der Waals surface area contributed by atoms with E-state index < -0.39 is 12.1 Å². The molecular weight excluding hydrogens is 390 g/mol. The number of hydrogen-bond acceptors (Lipinski definition) is 5. The standard InChI is InChI=1S/C21H27N3O4S/c1-14(2)24-21(27)23-13-16-6-8-17(9-7-16)20(26)28-15(3)19(25)22-11-10-18-5-4-12-29-18/h4-9,12,14-15H,10-11,13H2,1-3H3,(H,22,25)(H2,23,24,27)/t15-/m0/s1. The number of amides is 3. The summed E-state index contributed by atoms with van der Waals surface area (Å²) < 4.78 is 5.24. The Morgan fingerprint density at radius 3 is 2.38 bits per heavy atom. The first kappa shape index (κ1) is 22.4. The highest BCUT2D eigenvalue weighted by Gasteiger charge is 2.18. The molecule has 0 saturated carbocycles. The Morgan fingerprint density at radius 2 is 1.76 bits per heavy atom. The fraction of sp³-hybridized carbons (Fsp3) is 0.381. The number of benzene rings is 1. The van der Waals surface area contributed by atoms with Crippen LogP contribution in [0.2, 0.25) is 0 Å². The molecule has 0 aliphatic rings. The van der Waals surface area contributed by atoms with Crippen LogP contribution in [0.25, 0.3) is 0 Å². The molecule has 0 unspecified atom stereocenters. The van der Waals surface area contributed by atoms with Crippen molar-refractivity contribution in [1.29, 1.82) is 0 Å². The quantitative estimate of drug-likeness (QED) is 0.547. The predicted octanol–water partition coefficient (Wildman–Crippen LogP) is 2.86. The van der Waals surface area contributed by atoms with Gasteiger partial charge in [-0.15, -0.1) is 11.3 Å². The highest BCUT2D eigenvalue weighted by atomic mass is 32.1. The van der Waals surface area contributed by atoms with Gasteiger partial charge in [0.25, 0.3) is 5.91 Å². The fourth-order valence-electron chi connectivity index (χ4n) is 2.44. The monoisotopic (exact) mass is 417 g/mol. The summed E-state index contributed by atoms with van der Waals surface area (Å²) in [5, 5.41) is 10.2. The molecule has 2 rings (SSSR count). The van der Waals surface area contributed by atoms with Crippen LogP contribution in [0.3, 0.4) is 0 Å². The molecule has 0 spiro atoms. The second-order valence-electron chi connectivity index (χ2n) is 6.85. The van der Waals surface area contributed by atoms with Crippen molar-refractivity contribution in [2.24, 2.45) is 0 Å². The van der Waals surface area contributed by atoms with E-state index in [1.165, 1.54) is 4.88 Å². The van der Waals surface area contributed by atoms with Crippen LogP contribution in [0.5, 0.6) is 0 Å². The molecule has 3 amide bonds. The van der Waals surface area contributed by atoms with Gasteiger partial charge in [-0.3, -0.25) is 4.79 Å². The summed E-state index contributed by atoms with van der Waals surface area (Å²) in [5.41, 5.74) is 1.19. The zero-order valence-corrected chi connectivity index (χ0v) is 17.7. The van der Waals surface area contributed by atoms with E-state index >= 15 is 0 Å². The zero-order valence-electron chi connectivity index (χ0n) is 16.9. The largest absolute Gasteiger partial charge is 0.449 e. The first-order chi connectivity index (χ1) is 13.8. The van der Waals surface area contributed by atoms with Crippen molar-refractivity contribution in [2.75, 3.05) is 6.54 Å². The summed E-state index contributed by atoms with van der Waals surface area (Å²) in [6, 6.07) is 10.5. The summed E-state index contributed by atoms with van der Waals surface area (Å²) in [6.45, 7) is 6.14. The number of hydrogen-bond donors (Lipinski definition) is 3. The second kappa shape index (κ2) is 11.2. The van der Waals surface area contributed by atoms with E-state index in [4.69, 9.17) is 4.74 Å². The summed E-state index contributed by atoms with van der Waals surface area (Å²) in [4.78, 5) is 37.1. The smallest absolute Gasteiger partial charge is 0.338 e. The van der Waals surface area contributed by atoms with E-state index in [9.17, 15) is 14.4 Å². The summed E-state index contributed by atoms with van der Waals surface area (Å²) in [5.74, 6) is -0.894. The van der Waals surface area contributed by atoms with E-state index in [0.29, 0.717) is 18.7 Å². The van der Waals surface area contributed by atoms with Crippen molar-refractivity contribution >= 4 is 29.2 Å². The third kappa shape index (κ3) is 7.95. The lowest BCUT2D eigenvalue weighted by atomic mass is 10.1. The van der Waals surface area contributed by atoms with Crippen molar-refractivity contribution in [3.8, 4) is 0 Å². The molecule has 29 heavy (non-hydrogen) atoms. The lowest BCUT2D eigenvalue weighted by Crippen LogP contribution is -2.39. The number of urea groups is 1. The average Bonchev–Trinajstić information content (AvgIpc) is 3.19. The van der Waals surface area contributed by atoms with Crippen LogP contribution >= 0.6 is 11.3 Å². The number of esters is 1. The first-order valence-corrected chi connectivity index (χ1v) is 10.4. The van der Waals surface area contributed by atoms with Crippen LogP contribution in [0.15, 0.2) is 41.8 Å². The number of carbonyl (C=O) groups is 3. The van der Waals surface area contributed by atoms with Gasteiger partial charge in [-0.1, -0.05) is 18.2 Å². The summed E-state index contributed by atoms with van der Waals surface area (Å²) >= 11 is 1.64. The van der Waals surface area contributed by atoms with Crippen LogP contribution in [-0.4, -0.2) is 36.6 Å². The van der Waals surface area contributed by atoms with Crippen LogP contribution in [-0.2, 0) is 22.5 Å². The molecule has 7 nitrogen and oxygen atoms in total. The molecule has 0 saturated heterocycles. The van der Waals surface area contributed by atoms with E-state index in [1.54, 1.807) is 42.5 Å². The van der Waals surface area contributed by atoms with E-state index in [1.807, 2.05) is 31.4 Å². The van der Waals surface area contributed by atoms with Crippen LogP contribution < -0.4 is 16.0 Å². The van der Waals surface area contributed by atoms with Gasteiger partial charge in [0.15, 0.2) is 6.10 Å². The van der Waals surface area contributed by atoms with Crippen LogP contribution in [0.4, 0.5) is 4.79 Å². The maximum atomic E-state index is 12.2. The SMILES string of the molecule is CC(C)NC(=O)NCc1ccc(C(=O)O[C@@H](C)C(=O)NCCc2cccs2)cc1. The molecule has 1 atom stereocenters. The summed E-state index contributed by atoms with van der Waals surface area (Å²) in [6.07, 6.45) is -0.138. The van der Waals surface area contributed by atoms with Crippen molar-refractivity contribution in [1.82, 2.24) is 16.0 Å². The van der Waals surface area contributed by atoms with Crippen molar-refractivity contribution in [2.45, 2.75) is 45.9 Å². The molecule has 1 aromatic heterocycles. The molecule has 8 heteroatoms. The zero-order chi connectivity index (χ0) is 21.2. The van der Waals surface area contributed by atoms with Gasteiger partial charge in [0.1, 0.15) is 0 Å². The maximum Gasteiger partial charge on any atom is 0.338 e. The minimum absolute atomic E-state index is 0.0574. The van der Waals surface area contributed by atoms with Crippen molar-refractivity contribution in [3.05, 3.63) is 57.8 Å². The minimum atomic E-state index is -0.882. The lowest BCUT2D eigenvalue weighted by Gasteiger charge is -2.14. The molecule has 1 heterocycles. The molecule has 0 aliphatic carbocycles. The van der Waals surface area contributed by atoms with Gasteiger partial charge in [0.05, 0.1) is 5.56 Å². The number of ether oxygens (including phenoxy) is 1. The average molecular weight is 418 g/mol. The fourth-order valence-corrected chi connectivity index (χ4v) is 3.15.